The predicted octanol–water partition coefficient (Wildman–Crippen LogP) is 0.903. The number of carbonyl (C=O) groups excluding carboxylic acids is 1. The van der Waals surface area contributed by atoms with Crippen LogP contribution in [0.3, 0.4) is 0 Å². The first-order valence-corrected chi connectivity index (χ1v) is 6.11. The van der Waals surface area contributed by atoms with Crippen molar-refractivity contribution in [3.05, 3.63) is 0 Å². The molecule has 1 aliphatic heterocycles. The molecule has 4 nitrogen and oxygen atoms in total. The summed E-state index contributed by atoms with van der Waals surface area (Å²) in [5.41, 5.74) is 5.09. The Hall–Kier alpha value is -0.610. The van der Waals surface area contributed by atoms with Gasteiger partial charge in [0.25, 0.3) is 0 Å². The summed E-state index contributed by atoms with van der Waals surface area (Å²) >= 11 is 0. The Bertz CT molecular complexity index is 235. The molecule has 1 unspecified atom stereocenters. The van der Waals surface area contributed by atoms with Gasteiger partial charge in [-0.25, -0.2) is 0 Å². The summed E-state index contributed by atoms with van der Waals surface area (Å²) in [6, 6.07) is 0. The average Bonchev–Trinajstić information content (AvgIpc) is 2.28. The van der Waals surface area contributed by atoms with Crippen molar-refractivity contribution in [2.24, 2.45) is 17.6 Å². The van der Waals surface area contributed by atoms with Crippen LogP contribution in [0.25, 0.3) is 0 Å². The minimum absolute atomic E-state index is 0.175. The predicted molar refractivity (Wildman–Crippen MR) is 64.0 cm³/mol. The highest BCUT2D eigenvalue weighted by Gasteiger charge is 2.34. The molecule has 0 spiro atoms. The zero-order valence-corrected chi connectivity index (χ0v) is 10.6. The monoisotopic (exact) mass is 228 g/mol. The summed E-state index contributed by atoms with van der Waals surface area (Å²) in [6.07, 6.45) is 2.13. The summed E-state index contributed by atoms with van der Waals surface area (Å²) in [5, 5.41) is 3.31. The van der Waals surface area contributed by atoms with Crippen molar-refractivity contribution < 1.29 is 9.53 Å². The fourth-order valence-electron chi connectivity index (χ4n) is 2.06. The average molecular weight is 228 g/mol. The van der Waals surface area contributed by atoms with Crippen LogP contribution in [0, 0.1) is 11.8 Å². The summed E-state index contributed by atoms with van der Waals surface area (Å²) < 4.78 is 5.58. The van der Waals surface area contributed by atoms with Crippen LogP contribution in [0.4, 0.5) is 0 Å². The second kappa shape index (κ2) is 5.64. The van der Waals surface area contributed by atoms with E-state index in [0.717, 1.165) is 25.9 Å². The van der Waals surface area contributed by atoms with Crippen molar-refractivity contribution in [2.75, 3.05) is 19.6 Å². The van der Waals surface area contributed by atoms with Crippen molar-refractivity contribution in [1.82, 2.24) is 5.32 Å². The van der Waals surface area contributed by atoms with Gasteiger partial charge in [-0.2, -0.15) is 0 Å². The van der Waals surface area contributed by atoms with E-state index < -0.39 is 0 Å². The lowest BCUT2D eigenvalue weighted by atomic mass is 9.83. The van der Waals surface area contributed by atoms with E-state index in [4.69, 9.17) is 10.5 Å². The van der Waals surface area contributed by atoms with Crippen molar-refractivity contribution in [3.63, 3.8) is 0 Å². The summed E-state index contributed by atoms with van der Waals surface area (Å²) in [4.78, 5) is 11.7. The lowest BCUT2D eigenvalue weighted by Crippen LogP contribution is -2.44. The highest BCUT2D eigenvalue weighted by molar-refractivity contribution is 5.72. The van der Waals surface area contributed by atoms with E-state index in [1.54, 1.807) is 6.92 Å². The molecular weight excluding hydrogens is 204 g/mol. The highest BCUT2D eigenvalue weighted by Crippen LogP contribution is 2.29. The molecule has 1 rings (SSSR count). The van der Waals surface area contributed by atoms with Gasteiger partial charge in [0.2, 0.25) is 0 Å². The van der Waals surface area contributed by atoms with Gasteiger partial charge < -0.3 is 15.8 Å². The van der Waals surface area contributed by atoms with Crippen LogP contribution in [0.5, 0.6) is 0 Å². The summed E-state index contributed by atoms with van der Waals surface area (Å²) in [6.45, 7) is 8.19. The first-order valence-electron chi connectivity index (χ1n) is 6.11. The van der Waals surface area contributed by atoms with Crippen LogP contribution in [0.15, 0.2) is 0 Å². The molecule has 4 heteroatoms. The number of rotatable bonds is 4. The van der Waals surface area contributed by atoms with E-state index >= 15 is 0 Å². The molecule has 0 aromatic rings. The standard InChI is InChI=1S/C12H24N2O2/c1-9(8-13)11(15)16-12(2,3)10-4-6-14-7-5-10/h9-10,14H,4-8,13H2,1-3H3. The highest BCUT2D eigenvalue weighted by atomic mass is 16.6. The lowest BCUT2D eigenvalue weighted by molar-refractivity contribution is -0.166. The molecule has 0 bridgehead atoms. The molecule has 1 aliphatic rings. The van der Waals surface area contributed by atoms with Gasteiger partial charge in [-0.3, -0.25) is 4.79 Å². The quantitative estimate of drug-likeness (QED) is 0.702. The maximum atomic E-state index is 11.7. The van der Waals surface area contributed by atoms with Gasteiger partial charge in [0.05, 0.1) is 5.92 Å². The Labute approximate surface area is 97.9 Å². The molecule has 1 saturated heterocycles. The summed E-state index contributed by atoms with van der Waals surface area (Å²) in [7, 11) is 0. The molecule has 16 heavy (non-hydrogen) atoms. The summed E-state index contributed by atoms with van der Waals surface area (Å²) in [5.74, 6) is 0.0645. The molecule has 0 saturated carbocycles. The normalized spacial score (nSPS) is 20.5. The molecule has 1 atom stereocenters. The topological polar surface area (TPSA) is 64.4 Å². The molecule has 0 radical (unpaired) electrons. The third-order valence-electron chi connectivity index (χ3n) is 3.44. The van der Waals surface area contributed by atoms with E-state index in [-0.39, 0.29) is 17.5 Å². The van der Waals surface area contributed by atoms with E-state index in [1.165, 1.54) is 0 Å². The van der Waals surface area contributed by atoms with E-state index in [9.17, 15) is 4.79 Å². The molecule has 0 aromatic heterocycles. The molecule has 0 amide bonds. The fraction of sp³-hybridized carbons (Fsp3) is 0.917. The maximum Gasteiger partial charge on any atom is 0.310 e. The van der Waals surface area contributed by atoms with Crippen LogP contribution < -0.4 is 11.1 Å². The number of piperidine rings is 1. The van der Waals surface area contributed by atoms with Crippen LogP contribution in [-0.2, 0) is 9.53 Å². The second-order valence-corrected chi connectivity index (χ2v) is 5.19. The smallest absolute Gasteiger partial charge is 0.310 e. The van der Waals surface area contributed by atoms with Crippen molar-refractivity contribution in [1.29, 1.82) is 0 Å². The van der Waals surface area contributed by atoms with Gasteiger partial charge in [0.1, 0.15) is 5.60 Å². The maximum absolute atomic E-state index is 11.7. The van der Waals surface area contributed by atoms with Crippen LogP contribution >= 0.6 is 0 Å². The molecule has 3 N–H and O–H groups in total. The number of ether oxygens (including phenoxy) is 1. The van der Waals surface area contributed by atoms with Gasteiger partial charge in [0.15, 0.2) is 0 Å². The Morgan fingerprint density at radius 1 is 1.50 bits per heavy atom. The number of esters is 1. The minimum Gasteiger partial charge on any atom is -0.459 e. The van der Waals surface area contributed by atoms with Gasteiger partial charge >= 0.3 is 5.97 Å². The molecule has 1 heterocycles. The zero-order valence-electron chi connectivity index (χ0n) is 10.6. The van der Waals surface area contributed by atoms with Crippen molar-refractivity contribution >= 4 is 5.97 Å². The van der Waals surface area contributed by atoms with Gasteiger partial charge in [-0.05, 0) is 39.8 Å². The second-order valence-electron chi connectivity index (χ2n) is 5.19. The third kappa shape index (κ3) is 3.46. The molecule has 1 fully saturated rings. The van der Waals surface area contributed by atoms with E-state index in [0.29, 0.717) is 12.5 Å². The van der Waals surface area contributed by atoms with E-state index in [1.807, 2.05) is 13.8 Å². The number of hydrogen-bond acceptors (Lipinski definition) is 4. The van der Waals surface area contributed by atoms with Gasteiger partial charge in [-0.15, -0.1) is 0 Å². The Morgan fingerprint density at radius 3 is 2.56 bits per heavy atom. The van der Waals surface area contributed by atoms with Crippen LogP contribution in [-0.4, -0.2) is 31.2 Å². The SMILES string of the molecule is CC(CN)C(=O)OC(C)(C)C1CCNCC1. The van der Waals surface area contributed by atoms with Crippen molar-refractivity contribution in [3.8, 4) is 0 Å². The number of nitrogens with one attached hydrogen (secondary N) is 1. The van der Waals surface area contributed by atoms with Crippen LogP contribution in [0.1, 0.15) is 33.6 Å². The number of hydrogen-bond donors (Lipinski definition) is 2. The van der Waals surface area contributed by atoms with Crippen LogP contribution in [0.2, 0.25) is 0 Å². The third-order valence-corrected chi connectivity index (χ3v) is 3.44. The van der Waals surface area contributed by atoms with Gasteiger partial charge in [0, 0.05) is 12.5 Å². The Morgan fingerprint density at radius 2 is 2.06 bits per heavy atom. The van der Waals surface area contributed by atoms with Gasteiger partial charge in [-0.1, -0.05) is 6.92 Å². The number of nitrogens with two attached hydrogens (primary N) is 1. The Balaban J connectivity index is 2.52. The lowest BCUT2D eigenvalue weighted by Gasteiger charge is -2.37. The zero-order chi connectivity index (χ0) is 12.2. The molecule has 0 aromatic carbocycles. The van der Waals surface area contributed by atoms with E-state index in [2.05, 4.69) is 5.32 Å². The molecular formula is C12H24N2O2. The fourth-order valence-corrected chi connectivity index (χ4v) is 2.06. The number of carbonyl (C=O) groups is 1. The first-order chi connectivity index (χ1) is 7.47. The minimum atomic E-state index is -0.372. The Kier molecular flexibility index (Phi) is 4.74. The first kappa shape index (κ1) is 13.5. The molecule has 0 aliphatic carbocycles. The van der Waals surface area contributed by atoms with Crippen molar-refractivity contribution in [2.45, 2.75) is 39.2 Å². The largest absolute Gasteiger partial charge is 0.459 e. The molecule has 94 valence electrons.